The predicted molar refractivity (Wildman–Crippen MR) is 59.8 cm³/mol. The number of hydrogen-bond acceptors (Lipinski definition) is 4. The summed E-state index contributed by atoms with van der Waals surface area (Å²) in [6.07, 6.45) is 2.44. The predicted octanol–water partition coefficient (Wildman–Crippen LogP) is 2.04. The van der Waals surface area contributed by atoms with Gasteiger partial charge in [0.15, 0.2) is 5.75 Å². The molecule has 2 rings (SSSR count). The van der Waals surface area contributed by atoms with Crippen molar-refractivity contribution in [1.82, 2.24) is 9.97 Å². The van der Waals surface area contributed by atoms with Crippen LogP contribution in [0.25, 0.3) is 0 Å². The van der Waals surface area contributed by atoms with Gasteiger partial charge in [0.1, 0.15) is 23.8 Å². The molecule has 1 aromatic heterocycles. The van der Waals surface area contributed by atoms with E-state index < -0.39 is 11.8 Å². The number of carboxylic acid groups (broad SMARTS) is 1. The number of aromatic nitrogens is 2. The van der Waals surface area contributed by atoms with Gasteiger partial charge in [-0.15, -0.1) is 0 Å². The lowest BCUT2D eigenvalue weighted by Gasteiger charge is -2.04. The van der Waals surface area contributed by atoms with E-state index >= 15 is 0 Å². The zero-order valence-electron chi connectivity index (χ0n) is 9.21. The summed E-state index contributed by atoms with van der Waals surface area (Å²) in [5.74, 6) is -0.585. The number of carboxylic acids is 1. The number of carbonyl (C=O) groups is 1. The van der Waals surface area contributed by atoms with Crippen LogP contribution in [0.5, 0.6) is 11.5 Å². The minimum atomic E-state index is -1.01. The van der Waals surface area contributed by atoms with Crippen LogP contribution >= 0.6 is 0 Å². The molecule has 0 radical (unpaired) electrons. The maximum Gasteiger partial charge on any atom is 0.311 e. The molecule has 0 bridgehead atoms. The van der Waals surface area contributed by atoms with E-state index in [-0.39, 0.29) is 12.2 Å². The zero-order valence-corrected chi connectivity index (χ0v) is 9.21. The second-order valence-electron chi connectivity index (χ2n) is 3.46. The van der Waals surface area contributed by atoms with E-state index in [9.17, 15) is 9.18 Å². The van der Waals surface area contributed by atoms with Crippen molar-refractivity contribution in [1.29, 1.82) is 0 Å². The number of hydrogen-bond donors (Lipinski definition) is 1. The molecule has 6 heteroatoms. The molecule has 0 spiro atoms. The summed E-state index contributed by atoms with van der Waals surface area (Å²) in [4.78, 5) is 18.1. The van der Waals surface area contributed by atoms with E-state index in [1.807, 2.05) is 0 Å². The highest BCUT2D eigenvalue weighted by atomic mass is 19.1. The van der Waals surface area contributed by atoms with Crippen LogP contribution in [0.15, 0.2) is 36.7 Å². The van der Waals surface area contributed by atoms with E-state index in [2.05, 4.69) is 9.97 Å². The summed E-state index contributed by atoms with van der Waals surface area (Å²) in [5, 5.41) is 8.55. The first-order valence-corrected chi connectivity index (χ1v) is 5.09. The molecule has 1 aromatic carbocycles. The molecule has 2 aromatic rings. The van der Waals surface area contributed by atoms with Gasteiger partial charge < -0.3 is 9.84 Å². The first kappa shape index (κ1) is 12.0. The third-order valence-corrected chi connectivity index (χ3v) is 2.02. The van der Waals surface area contributed by atoms with Crippen molar-refractivity contribution >= 4 is 5.97 Å². The molecule has 0 unspecified atom stereocenters. The molecular formula is C12H9FN2O3. The van der Waals surface area contributed by atoms with Gasteiger partial charge in [-0.3, -0.25) is 4.79 Å². The largest absolute Gasteiger partial charge is 0.481 e. The molecule has 92 valence electrons. The Labute approximate surface area is 102 Å². The van der Waals surface area contributed by atoms with Crippen LogP contribution in [0.1, 0.15) is 5.82 Å². The topological polar surface area (TPSA) is 72.3 Å². The number of ether oxygens (including phenoxy) is 1. The van der Waals surface area contributed by atoms with Gasteiger partial charge in [0.25, 0.3) is 0 Å². The molecular weight excluding hydrogens is 239 g/mol. The van der Waals surface area contributed by atoms with E-state index in [0.29, 0.717) is 11.5 Å². The molecule has 0 aliphatic rings. The summed E-state index contributed by atoms with van der Waals surface area (Å²) >= 11 is 0. The molecule has 1 N–H and O–H groups in total. The first-order valence-electron chi connectivity index (χ1n) is 5.09. The fourth-order valence-corrected chi connectivity index (χ4v) is 1.29. The monoisotopic (exact) mass is 248 g/mol. The number of halogens is 1. The maximum absolute atomic E-state index is 12.9. The smallest absolute Gasteiger partial charge is 0.311 e. The molecule has 0 amide bonds. The molecule has 0 aliphatic heterocycles. The normalized spacial score (nSPS) is 10.1. The van der Waals surface area contributed by atoms with Crippen molar-refractivity contribution < 1.29 is 19.0 Å². The number of nitrogens with zero attached hydrogens (tertiary/aromatic N) is 2. The minimum Gasteiger partial charge on any atom is -0.481 e. The maximum atomic E-state index is 12.9. The van der Waals surface area contributed by atoms with Crippen LogP contribution in [0, 0.1) is 5.82 Å². The lowest BCUT2D eigenvalue weighted by atomic mass is 10.3. The van der Waals surface area contributed by atoms with Crippen LogP contribution in [0.4, 0.5) is 4.39 Å². The average molecular weight is 248 g/mol. The fraction of sp³-hybridized carbons (Fsp3) is 0.0833. The first-order chi connectivity index (χ1) is 8.63. The van der Waals surface area contributed by atoms with Gasteiger partial charge in [-0.25, -0.2) is 14.4 Å². The Kier molecular flexibility index (Phi) is 3.47. The van der Waals surface area contributed by atoms with Crippen LogP contribution in [-0.4, -0.2) is 21.0 Å². The average Bonchev–Trinajstić information content (AvgIpc) is 2.31. The molecule has 1 heterocycles. The van der Waals surface area contributed by atoms with E-state index in [4.69, 9.17) is 9.84 Å². The van der Waals surface area contributed by atoms with Crippen LogP contribution in [0.3, 0.4) is 0 Å². The quantitative estimate of drug-likeness (QED) is 0.896. The van der Waals surface area contributed by atoms with Crippen molar-refractivity contribution in [3.05, 3.63) is 48.3 Å². The van der Waals surface area contributed by atoms with Crippen molar-refractivity contribution in [3.8, 4) is 11.5 Å². The van der Waals surface area contributed by atoms with Crippen molar-refractivity contribution in [2.24, 2.45) is 0 Å². The number of aliphatic carboxylic acids is 1. The summed E-state index contributed by atoms with van der Waals surface area (Å²) in [6.45, 7) is 0. The van der Waals surface area contributed by atoms with E-state index in [0.717, 1.165) is 0 Å². The zero-order chi connectivity index (χ0) is 13.0. The van der Waals surface area contributed by atoms with Gasteiger partial charge in [-0.2, -0.15) is 0 Å². The third kappa shape index (κ3) is 3.24. The van der Waals surface area contributed by atoms with Crippen LogP contribution in [-0.2, 0) is 11.2 Å². The molecule has 5 nitrogen and oxygen atoms in total. The highest BCUT2D eigenvalue weighted by Crippen LogP contribution is 2.20. The number of rotatable bonds is 4. The van der Waals surface area contributed by atoms with Crippen molar-refractivity contribution in [3.63, 3.8) is 0 Å². The van der Waals surface area contributed by atoms with Crippen LogP contribution in [0.2, 0.25) is 0 Å². The van der Waals surface area contributed by atoms with Gasteiger partial charge in [-0.1, -0.05) is 6.07 Å². The Bertz CT molecular complexity index is 558. The Morgan fingerprint density at radius 2 is 2.00 bits per heavy atom. The standard InChI is InChI=1S/C12H9FN2O3/c13-8-2-1-3-9(4-8)18-10-6-14-11(15-7-10)5-12(16)17/h1-4,6-7H,5H2,(H,16,17). The lowest BCUT2D eigenvalue weighted by Crippen LogP contribution is -2.04. The van der Waals surface area contributed by atoms with Crippen LogP contribution < -0.4 is 4.74 Å². The molecule has 18 heavy (non-hydrogen) atoms. The molecule has 0 saturated carbocycles. The van der Waals surface area contributed by atoms with Gasteiger partial charge in [-0.05, 0) is 12.1 Å². The minimum absolute atomic E-state index is 0.189. The van der Waals surface area contributed by atoms with Crippen molar-refractivity contribution in [2.75, 3.05) is 0 Å². The highest BCUT2D eigenvalue weighted by Gasteiger charge is 2.04. The lowest BCUT2D eigenvalue weighted by molar-refractivity contribution is -0.136. The Morgan fingerprint density at radius 1 is 1.28 bits per heavy atom. The Hall–Kier alpha value is -2.50. The molecule has 0 atom stereocenters. The summed E-state index contributed by atoms with van der Waals surface area (Å²) in [6, 6.07) is 5.64. The molecule has 0 fully saturated rings. The highest BCUT2D eigenvalue weighted by molar-refractivity contribution is 5.68. The SMILES string of the molecule is O=C(O)Cc1ncc(Oc2cccc(F)c2)cn1. The van der Waals surface area contributed by atoms with E-state index in [1.165, 1.54) is 30.6 Å². The fourth-order valence-electron chi connectivity index (χ4n) is 1.29. The molecule has 0 saturated heterocycles. The summed E-state index contributed by atoms with van der Waals surface area (Å²) < 4.78 is 18.2. The summed E-state index contributed by atoms with van der Waals surface area (Å²) in [7, 11) is 0. The molecule has 0 aliphatic carbocycles. The summed E-state index contributed by atoms with van der Waals surface area (Å²) in [5.41, 5.74) is 0. The Balaban J connectivity index is 2.08. The Morgan fingerprint density at radius 3 is 2.61 bits per heavy atom. The second kappa shape index (κ2) is 5.22. The number of benzene rings is 1. The van der Waals surface area contributed by atoms with Crippen molar-refractivity contribution in [2.45, 2.75) is 6.42 Å². The second-order valence-corrected chi connectivity index (χ2v) is 3.46. The van der Waals surface area contributed by atoms with E-state index in [1.54, 1.807) is 6.07 Å². The van der Waals surface area contributed by atoms with Gasteiger partial charge in [0.05, 0.1) is 12.4 Å². The van der Waals surface area contributed by atoms with Gasteiger partial charge >= 0.3 is 5.97 Å². The van der Waals surface area contributed by atoms with Gasteiger partial charge in [0.2, 0.25) is 0 Å². The van der Waals surface area contributed by atoms with Gasteiger partial charge in [0, 0.05) is 6.07 Å². The third-order valence-electron chi connectivity index (χ3n) is 2.02.